The van der Waals surface area contributed by atoms with Crippen LogP contribution in [0.25, 0.3) is 0 Å². The van der Waals surface area contributed by atoms with Crippen molar-refractivity contribution in [3.8, 4) is 0 Å². The average Bonchev–Trinajstić information content (AvgIpc) is 2.51. The lowest BCUT2D eigenvalue weighted by Gasteiger charge is -2.09. The first-order valence-corrected chi connectivity index (χ1v) is 4.57. The highest BCUT2D eigenvalue weighted by molar-refractivity contribution is 5.99. The van der Waals surface area contributed by atoms with Gasteiger partial charge in [0, 0.05) is 18.7 Å². The number of H-pyrrole nitrogens is 1. The molecule has 1 heterocycles. The maximum atomic E-state index is 11.6. The Bertz CT molecular complexity index is 330. The van der Waals surface area contributed by atoms with E-state index < -0.39 is 0 Å². The van der Waals surface area contributed by atoms with E-state index in [0.717, 1.165) is 29.8 Å². The Kier molecular flexibility index (Phi) is 2.14. The van der Waals surface area contributed by atoms with Crippen molar-refractivity contribution in [3.63, 3.8) is 0 Å². The molecule has 13 heavy (non-hydrogen) atoms. The molecule has 0 atom stereocenters. The second-order valence-electron chi connectivity index (χ2n) is 3.33. The highest BCUT2D eigenvalue weighted by Gasteiger charge is 2.22. The molecule has 2 N–H and O–H groups in total. The van der Waals surface area contributed by atoms with Gasteiger partial charge in [0.15, 0.2) is 5.78 Å². The molecule has 0 saturated heterocycles. The van der Waals surface area contributed by atoms with Crippen LogP contribution in [0.5, 0.6) is 0 Å². The van der Waals surface area contributed by atoms with Gasteiger partial charge in [0.25, 0.3) is 0 Å². The zero-order valence-corrected chi connectivity index (χ0v) is 7.68. The number of aromatic nitrogens is 2. The van der Waals surface area contributed by atoms with E-state index in [1.807, 2.05) is 7.05 Å². The van der Waals surface area contributed by atoms with Gasteiger partial charge in [-0.25, -0.2) is 0 Å². The second kappa shape index (κ2) is 3.30. The van der Waals surface area contributed by atoms with E-state index in [-0.39, 0.29) is 5.78 Å². The molecule has 2 rings (SSSR count). The molecule has 0 unspecified atom stereocenters. The minimum Gasteiger partial charge on any atom is -0.314 e. The van der Waals surface area contributed by atoms with Crippen LogP contribution in [-0.4, -0.2) is 23.0 Å². The van der Waals surface area contributed by atoms with Gasteiger partial charge in [-0.2, -0.15) is 5.10 Å². The summed E-state index contributed by atoms with van der Waals surface area (Å²) in [6.45, 7) is 0.664. The molecule has 0 radical (unpaired) electrons. The van der Waals surface area contributed by atoms with Crippen LogP contribution >= 0.6 is 0 Å². The van der Waals surface area contributed by atoms with Gasteiger partial charge < -0.3 is 5.32 Å². The van der Waals surface area contributed by atoms with Gasteiger partial charge in [0.05, 0.1) is 11.3 Å². The van der Waals surface area contributed by atoms with Crippen LogP contribution in [0.3, 0.4) is 0 Å². The number of Topliss-reactive ketones (excluding diaryl/α,β-unsaturated/α-hetero) is 1. The number of hydrogen-bond acceptors (Lipinski definition) is 3. The topological polar surface area (TPSA) is 57.8 Å². The number of hydrogen-bond donors (Lipinski definition) is 2. The summed E-state index contributed by atoms with van der Waals surface area (Å²) in [6.07, 6.45) is 2.58. The summed E-state index contributed by atoms with van der Waals surface area (Å²) in [5, 5.41) is 10.1. The van der Waals surface area contributed by atoms with Crippen LogP contribution in [0, 0.1) is 0 Å². The molecular weight excluding hydrogens is 166 g/mol. The van der Waals surface area contributed by atoms with Gasteiger partial charge in [-0.05, 0) is 19.9 Å². The molecule has 0 spiro atoms. The molecule has 0 saturated carbocycles. The summed E-state index contributed by atoms with van der Waals surface area (Å²) < 4.78 is 0. The van der Waals surface area contributed by atoms with Crippen LogP contribution in [0.15, 0.2) is 0 Å². The van der Waals surface area contributed by atoms with E-state index in [1.54, 1.807) is 0 Å². The van der Waals surface area contributed by atoms with Crippen LogP contribution in [0.1, 0.15) is 34.6 Å². The zero-order valence-electron chi connectivity index (χ0n) is 7.68. The van der Waals surface area contributed by atoms with Crippen molar-refractivity contribution in [3.05, 3.63) is 17.0 Å². The maximum Gasteiger partial charge on any atom is 0.166 e. The zero-order chi connectivity index (χ0) is 9.26. The Morgan fingerprint density at radius 3 is 3.15 bits per heavy atom. The van der Waals surface area contributed by atoms with Crippen molar-refractivity contribution >= 4 is 5.78 Å². The number of nitrogens with one attached hydrogen (secondary N) is 2. The fourth-order valence-electron chi connectivity index (χ4n) is 1.78. The van der Waals surface area contributed by atoms with E-state index in [9.17, 15) is 4.79 Å². The second-order valence-corrected chi connectivity index (χ2v) is 3.33. The third kappa shape index (κ3) is 1.37. The van der Waals surface area contributed by atoms with Gasteiger partial charge in [-0.1, -0.05) is 0 Å². The van der Waals surface area contributed by atoms with Crippen LogP contribution in [0.2, 0.25) is 0 Å². The molecule has 70 valence electrons. The van der Waals surface area contributed by atoms with Gasteiger partial charge in [0.1, 0.15) is 0 Å². The van der Waals surface area contributed by atoms with Crippen LogP contribution < -0.4 is 5.32 Å². The Morgan fingerprint density at radius 1 is 1.54 bits per heavy atom. The Balaban J connectivity index is 2.38. The van der Waals surface area contributed by atoms with Gasteiger partial charge in [-0.3, -0.25) is 9.89 Å². The summed E-state index contributed by atoms with van der Waals surface area (Å²) >= 11 is 0. The highest BCUT2D eigenvalue weighted by Crippen LogP contribution is 2.21. The summed E-state index contributed by atoms with van der Waals surface area (Å²) in [5.41, 5.74) is 2.71. The van der Waals surface area contributed by atoms with E-state index >= 15 is 0 Å². The molecule has 0 aliphatic heterocycles. The van der Waals surface area contributed by atoms with Gasteiger partial charge >= 0.3 is 0 Å². The molecule has 1 aromatic rings. The smallest absolute Gasteiger partial charge is 0.166 e. The van der Waals surface area contributed by atoms with Crippen molar-refractivity contribution in [1.82, 2.24) is 15.5 Å². The molecule has 4 nitrogen and oxygen atoms in total. The molecule has 1 aromatic heterocycles. The molecule has 0 amide bonds. The van der Waals surface area contributed by atoms with Crippen molar-refractivity contribution in [1.29, 1.82) is 0 Å². The summed E-state index contributed by atoms with van der Waals surface area (Å²) in [7, 11) is 1.86. The summed E-state index contributed by atoms with van der Waals surface area (Å²) in [5.74, 6) is 0.236. The SMILES string of the molecule is CNCc1n[nH]c2c1C(=O)CCC2. The first kappa shape index (κ1) is 8.44. The minimum absolute atomic E-state index is 0.236. The van der Waals surface area contributed by atoms with Crippen molar-refractivity contribution < 1.29 is 4.79 Å². The molecule has 0 aromatic carbocycles. The minimum atomic E-state index is 0.236. The van der Waals surface area contributed by atoms with Crippen molar-refractivity contribution in [2.45, 2.75) is 25.8 Å². The Labute approximate surface area is 76.7 Å². The standard InChI is InChI=1S/C9H13N3O/c1-10-5-7-9-6(11-12-7)3-2-4-8(9)13/h10H,2-5H2,1H3,(H,11,12). The van der Waals surface area contributed by atoms with E-state index in [2.05, 4.69) is 15.5 Å². The van der Waals surface area contributed by atoms with Crippen molar-refractivity contribution in [2.24, 2.45) is 0 Å². The van der Waals surface area contributed by atoms with Gasteiger partial charge in [-0.15, -0.1) is 0 Å². The number of fused-ring (bicyclic) bond motifs is 1. The van der Waals surface area contributed by atoms with Crippen LogP contribution in [0.4, 0.5) is 0 Å². The number of aromatic amines is 1. The first-order valence-electron chi connectivity index (χ1n) is 4.57. The third-order valence-corrected chi connectivity index (χ3v) is 2.37. The third-order valence-electron chi connectivity index (χ3n) is 2.37. The number of rotatable bonds is 2. The van der Waals surface area contributed by atoms with Crippen molar-refractivity contribution in [2.75, 3.05) is 7.05 Å². The fourth-order valence-corrected chi connectivity index (χ4v) is 1.78. The first-order chi connectivity index (χ1) is 6.33. The lowest BCUT2D eigenvalue weighted by atomic mass is 9.94. The maximum absolute atomic E-state index is 11.6. The monoisotopic (exact) mass is 179 g/mol. The predicted octanol–water partition coefficient (Wildman–Crippen LogP) is 0.648. The number of nitrogens with zero attached hydrogens (tertiary/aromatic N) is 1. The number of carbonyl (C=O) groups excluding carboxylic acids is 1. The fraction of sp³-hybridized carbons (Fsp3) is 0.556. The Morgan fingerprint density at radius 2 is 2.38 bits per heavy atom. The normalized spacial score (nSPS) is 15.9. The Hall–Kier alpha value is -1.16. The number of ketones is 1. The number of aryl methyl sites for hydroxylation is 1. The summed E-state index contributed by atoms with van der Waals surface area (Å²) in [6, 6.07) is 0. The summed E-state index contributed by atoms with van der Waals surface area (Å²) in [4.78, 5) is 11.6. The van der Waals surface area contributed by atoms with Crippen LogP contribution in [-0.2, 0) is 13.0 Å². The van der Waals surface area contributed by atoms with Gasteiger partial charge in [0.2, 0.25) is 0 Å². The predicted molar refractivity (Wildman–Crippen MR) is 48.6 cm³/mol. The van der Waals surface area contributed by atoms with E-state index in [0.29, 0.717) is 13.0 Å². The quantitative estimate of drug-likeness (QED) is 0.700. The molecule has 0 fully saturated rings. The van der Waals surface area contributed by atoms with E-state index in [1.165, 1.54) is 0 Å². The molecule has 4 heteroatoms. The highest BCUT2D eigenvalue weighted by atomic mass is 16.1. The molecule has 1 aliphatic carbocycles. The lowest BCUT2D eigenvalue weighted by molar-refractivity contribution is 0.0971. The molecular formula is C9H13N3O. The molecule has 1 aliphatic rings. The van der Waals surface area contributed by atoms with E-state index in [4.69, 9.17) is 0 Å². The lowest BCUT2D eigenvalue weighted by Crippen LogP contribution is -2.14. The largest absolute Gasteiger partial charge is 0.314 e. The number of carbonyl (C=O) groups is 1. The molecule has 0 bridgehead atoms. The average molecular weight is 179 g/mol.